The molecular formula is C7H4INS. The van der Waals surface area contributed by atoms with Gasteiger partial charge in [0, 0.05) is 8.47 Å². The molecule has 0 amide bonds. The maximum absolute atomic E-state index is 8.55. The number of nitrogens with zero attached hydrogens (tertiary/aromatic N) is 1. The second-order valence-corrected chi connectivity index (χ2v) is 3.31. The molecule has 0 bridgehead atoms. The normalized spacial score (nSPS) is 8.90. The van der Waals surface area contributed by atoms with Gasteiger partial charge in [0.2, 0.25) is 0 Å². The maximum atomic E-state index is 8.55. The van der Waals surface area contributed by atoms with Gasteiger partial charge in [-0.25, -0.2) is 0 Å². The predicted molar refractivity (Wildman–Crippen MR) is 51.1 cm³/mol. The average molecular weight is 261 g/mol. The molecule has 1 aromatic rings. The zero-order chi connectivity index (χ0) is 7.56. The Bertz CT molecular complexity index is 290. The van der Waals surface area contributed by atoms with Crippen LogP contribution in [0.1, 0.15) is 5.56 Å². The molecule has 1 aromatic carbocycles. The van der Waals surface area contributed by atoms with Crippen LogP contribution in [0, 0.1) is 14.9 Å². The van der Waals surface area contributed by atoms with Gasteiger partial charge >= 0.3 is 0 Å². The molecule has 0 saturated heterocycles. The topological polar surface area (TPSA) is 23.8 Å². The number of hydrogen-bond donors (Lipinski definition) is 1. The summed E-state index contributed by atoms with van der Waals surface area (Å²) in [5, 5.41) is 8.55. The first-order valence-electron chi connectivity index (χ1n) is 2.63. The van der Waals surface area contributed by atoms with Crippen molar-refractivity contribution in [3.63, 3.8) is 0 Å². The number of thiol groups is 1. The van der Waals surface area contributed by atoms with Gasteiger partial charge in [-0.15, -0.1) is 12.6 Å². The highest BCUT2D eigenvalue weighted by Crippen LogP contribution is 2.19. The molecule has 10 heavy (non-hydrogen) atoms. The van der Waals surface area contributed by atoms with Gasteiger partial charge in [0.1, 0.15) is 6.07 Å². The third-order valence-electron chi connectivity index (χ3n) is 1.10. The summed E-state index contributed by atoms with van der Waals surface area (Å²) in [6.07, 6.45) is 0. The number of nitriles is 1. The van der Waals surface area contributed by atoms with E-state index in [9.17, 15) is 0 Å². The van der Waals surface area contributed by atoms with Gasteiger partial charge in [-0.1, -0.05) is 6.07 Å². The molecule has 0 spiro atoms. The fourth-order valence-corrected chi connectivity index (χ4v) is 1.29. The van der Waals surface area contributed by atoms with E-state index >= 15 is 0 Å². The van der Waals surface area contributed by atoms with Gasteiger partial charge in [-0.2, -0.15) is 5.26 Å². The molecule has 3 heteroatoms. The van der Waals surface area contributed by atoms with Gasteiger partial charge in [0.25, 0.3) is 0 Å². The lowest BCUT2D eigenvalue weighted by molar-refractivity contribution is 1.36. The van der Waals surface area contributed by atoms with Crippen molar-refractivity contribution < 1.29 is 0 Å². The lowest BCUT2D eigenvalue weighted by Gasteiger charge is -1.95. The average Bonchev–Trinajstić information content (AvgIpc) is 1.95. The summed E-state index contributed by atoms with van der Waals surface area (Å²) in [6, 6.07) is 7.55. The minimum absolute atomic E-state index is 0.688. The smallest absolute Gasteiger partial charge is 0.100 e. The van der Waals surface area contributed by atoms with Crippen LogP contribution < -0.4 is 0 Å². The number of benzene rings is 1. The fourth-order valence-electron chi connectivity index (χ4n) is 0.606. The summed E-state index contributed by atoms with van der Waals surface area (Å²) < 4.78 is 0.922. The van der Waals surface area contributed by atoms with Crippen molar-refractivity contribution >= 4 is 35.2 Å². The van der Waals surface area contributed by atoms with Gasteiger partial charge in [0.15, 0.2) is 0 Å². The zero-order valence-corrected chi connectivity index (χ0v) is 8.06. The van der Waals surface area contributed by atoms with Crippen LogP contribution in [0.2, 0.25) is 0 Å². The second-order valence-electron chi connectivity index (χ2n) is 1.75. The molecule has 0 heterocycles. The Morgan fingerprint density at radius 3 is 2.70 bits per heavy atom. The molecule has 0 aliphatic carbocycles. The summed E-state index contributed by atoms with van der Waals surface area (Å²) in [4.78, 5) is 0.861. The highest BCUT2D eigenvalue weighted by Gasteiger charge is 1.99. The van der Waals surface area contributed by atoms with Crippen LogP contribution in [-0.4, -0.2) is 0 Å². The molecule has 50 valence electrons. The fraction of sp³-hybridized carbons (Fsp3) is 0. The molecule has 1 rings (SSSR count). The molecule has 0 radical (unpaired) electrons. The molecule has 0 aliphatic rings. The lowest BCUT2D eigenvalue weighted by atomic mass is 10.2. The van der Waals surface area contributed by atoms with Crippen LogP contribution in [0.5, 0.6) is 0 Å². The van der Waals surface area contributed by atoms with Gasteiger partial charge in [-0.3, -0.25) is 0 Å². The molecule has 0 unspecified atom stereocenters. The van der Waals surface area contributed by atoms with E-state index in [2.05, 4.69) is 41.3 Å². The van der Waals surface area contributed by atoms with Crippen molar-refractivity contribution in [1.29, 1.82) is 5.26 Å². The molecular weight excluding hydrogens is 257 g/mol. The molecule has 0 atom stereocenters. The first kappa shape index (κ1) is 7.89. The van der Waals surface area contributed by atoms with Crippen molar-refractivity contribution in [1.82, 2.24) is 0 Å². The third kappa shape index (κ3) is 1.44. The van der Waals surface area contributed by atoms with Crippen LogP contribution in [0.3, 0.4) is 0 Å². The Balaban J connectivity index is 3.31. The largest absolute Gasteiger partial charge is 0.192 e. The van der Waals surface area contributed by atoms with Gasteiger partial charge in [-0.05, 0) is 34.7 Å². The SMILES string of the molecule is N#Cc1cccc(S)c1I. The Labute approximate surface area is 78.6 Å². The number of hydrogen-bond acceptors (Lipinski definition) is 2. The number of halogens is 1. The van der Waals surface area contributed by atoms with E-state index < -0.39 is 0 Å². The Morgan fingerprint density at radius 1 is 1.50 bits per heavy atom. The highest BCUT2D eigenvalue weighted by molar-refractivity contribution is 14.1. The monoisotopic (exact) mass is 261 g/mol. The summed E-state index contributed by atoms with van der Waals surface area (Å²) >= 11 is 6.27. The molecule has 1 nitrogen and oxygen atoms in total. The van der Waals surface area contributed by atoms with E-state index in [4.69, 9.17) is 5.26 Å². The van der Waals surface area contributed by atoms with Crippen molar-refractivity contribution in [3.8, 4) is 6.07 Å². The predicted octanol–water partition coefficient (Wildman–Crippen LogP) is 2.45. The summed E-state index contributed by atoms with van der Waals surface area (Å²) in [6.45, 7) is 0. The van der Waals surface area contributed by atoms with Gasteiger partial charge in [0.05, 0.1) is 5.56 Å². The van der Waals surface area contributed by atoms with Crippen LogP contribution in [0.4, 0.5) is 0 Å². The van der Waals surface area contributed by atoms with Crippen LogP contribution >= 0.6 is 35.2 Å². The van der Waals surface area contributed by atoms with Crippen molar-refractivity contribution in [2.24, 2.45) is 0 Å². The van der Waals surface area contributed by atoms with E-state index in [-0.39, 0.29) is 0 Å². The van der Waals surface area contributed by atoms with E-state index in [1.807, 2.05) is 12.1 Å². The maximum Gasteiger partial charge on any atom is 0.100 e. The van der Waals surface area contributed by atoms with E-state index in [1.54, 1.807) is 6.07 Å². The van der Waals surface area contributed by atoms with Crippen molar-refractivity contribution in [2.45, 2.75) is 4.90 Å². The van der Waals surface area contributed by atoms with Crippen molar-refractivity contribution in [2.75, 3.05) is 0 Å². The molecule has 0 saturated carbocycles. The van der Waals surface area contributed by atoms with Crippen molar-refractivity contribution in [3.05, 3.63) is 27.3 Å². The summed E-state index contributed by atoms with van der Waals surface area (Å²) in [7, 11) is 0. The molecule has 0 aromatic heterocycles. The van der Waals surface area contributed by atoms with Gasteiger partial charge < -0.3 is 0 Å². The number of rotatable bonds is 0. The van der Waals surface area contributed by atoms with Crippen LogP contribution in [0.25, 0.3) is 0 Å². The Hall–Kier alpha value is -0.210. The zero-order valence-electron chi connectivity index (χ0n) is 5.00. The molecule has 0 aliphatic heterocycles. The van der Waals surface area contributed by atoms with Crippen LogP contribution in [0.15, 0.2) is 23.1 Å². The first-order chi connectivity index (χ1) is 4.75. The molecule has 0 fully saturated rings. The van der Waals surface area contributed by atoms with E-state index in [0.717, 1.165) is 8.47 Å². The highest BCUT2D eigenvalue weighted by atomic mass is 127. The first-order valence-corrected chi connectivity index (χ1v) is 4.16. The third-order valence-corrected chi connectivity index (χ3v) is 3.06. The second kappa shape index (κ2) is 3.26. The quantitative estimate of drug-likeness (QED) is 0.563. The van der Waals surface area contributed by atoms with E-state index in [1.165, 1.54) is 0 Å². The standard InChI is InChI=1S/C7H4INS/c8-7-5(4-9)2-1-3-6(7)10/h1-3,10H. The minimum atomic E-state index is 0.688. The Kier molecular flexibility index (Phi) is 2.57. The molecule has 0 N–H and O–H groups in total. The summed E-state index contributed by atoms with van der Waals surface area (Å²) in [5.41, 5.74) is 0.688. The summed E-state index contributed by atoms with van der Waals surface area (Å²) in [5.74, 6) is 0. The van der Waals surface area contributed by atoms with E-state index in [0.29, 0.717) is 5.56 Å². The minimum Gasteiger partial charge on any atom is -0.192 e. The lowest BCUT2D eigenvalue weighted by Crippen LogP contribution is -1.81. The Morgan fingerprint density at radius 2 is 2.20 bits per heavy atom. The van der Waals surface area contributed by atoms with Crippen LogP contribution in [-0.2, 0) is 0 Å².